The molecule has 8 heterocycles. The standard InChI is InChI=1S/2C13H18N4O.C13H17N3O2.C11H13N3O2.3C2H7N.2CH4.FH.H2/c2*1-6-14-13(18)11-12-15-8(3)7(2)9(4)17(12)10(5)16-11;1-6-18-13(17)11-12-14-8(3)7(2)9(4)16(12)10(5)15-11;1-5-6(2)12-10-9(11(15)16)13-8(4)14(10)7(5)3;3*1-2-3;;;;/h2*6H2,1-5H3,(H,14,18);6H2,1-5H3;1-4H3,(H,15,16);3*2-3H2,1H3;2*1H4;2*1H/i;;;;;;;;;;1+1. The summed E-state index contributed by atoms with van der Waals surface area (Å²) >= 11 is 0. The van der Waals surface area contributed by atoms with Crippen molar-refractivity contribution in [2.24, 2.45) is 17.2 Å². The van der Waals surface area contributed by atoms with Crippen LogP contribution in [0, 0.1) is 111 Å². The van der Waals surface area contributed by atoms with E-state index < -0.39 is 11.9 Å². The van der Waals surface area contributed by atoms with Crippen LogP contribution in [0.25, 0.3) is 22.6 Å². The van der Waals surface area contributed by atoms with Gasteiger partial charge in [0.1, 0.15) is 23.3 Å². The molecule has 0 bridgehead atoms. The van der Waals surface area contributed by atoms with Gasteiger partial charge in [-0.15, -0.1) is 0 Å². The molecule has 82 heavy (non-hydrogen) atoms. The SMILES string of the molecule is C.C.CCN.CCN.CCN.CCNC(=O)c1nc(C)n2c(C)c(C)c(C)nc12.CCNC(=O)c1nc(C)n2c(C)c(C)c(C)nc12.CCOC(=O)c1nc(C)n2c(C)c(C)c(C)nc12.Cc1nc2c(C(=O)O)nc(C)n2c(C)c1C.F.[2HH]. The molecule has 8 rings (SSSR count). The minimum Gasteiger partial charge on any atom is -0.476 e. The number of ether oxygens (including phenoxy) is 1. The summed E-state index contributed by atoms with van der Waals surface area (Å²) in [6.45, 7) is 46.2. The second kappa shape index (κ2) is 34.5. The third-order valence-corrected chi connectivity index (χ3v) is 12.6. The van der Waals surface area contributed by atoms with Crippen LogP contribution in [0.4, 0.5) is 4.70 Å². The van der Waals surface area contributed by atoms with Crippen LogP contribution in [0.2, 0.25) is 0 Å². The number of carbonyl (C=O) groups excluding carboxylic acids is 3. The number of hydrogen-bond acceptors (Lipinski definition) is 16. The number of carboxylic acids is 1. The van der Waals surface area contributed by atoms with Crippen molar-refractivity contribution in [2.45, 2.75) is 167 Å². The zero-order valence-corrected chi connectivity index (χ0v) is 51.2. The van der Waals surface area contributed by atoms with E-state index in [1.54, 1.807) is 18.2 Å². The van der Waals surface area contributed by atoms with Crippen molar-refractivity contribution in [3.05, 3.63) is 114 Å². The zero-order chi connectivity index (χ0) is 60.5. The maximum atomic E-state index is 12.0. The van der Waals surface area contributed by atoms with Gasteiger partial charge in [0.15, 0.2) is 45.4 Å². The number of nitrogens with one attached hydrogen (secondary N) is 2. The number of nitrogens with zero attached hydrogens (tertiary/aromatic N) is 12. The lowest BCUT2D eigenvalue weighted by Crippen LogP contribution is -2.23. The summed E-state index contributed by atoms with van der Waals surface area (Å²) in [6.07, 6.45) is 0. The predicted octanol–water partition coefficient (Wildman–Crippen LogP) is 8.79. The number of fused-ring (bicyclic) bond motifs is 4. The molecule has 0 spiro atoms. The van der Waals surface area contributed by atoms with E-state index in [1.165, 1.54) is 0 Å². The monoisotopic (exact) mass is 1150 g/mol. The first kappa shape index (κ1) is 76.2. The van der Waals surface area contributed by atoms with Crippen LogP contribution in [0.15, 0.2) is 0 Å². The van der Waals surface area contributed by atoms with Crippen molar-refractivity contribution < 1.29 is 35.2 Å². The summed E-state index contributed by atoms with van der Waals surface area (Å²) < 4.78 is 12.6. The van der Waals surface area contributed by atoms with Crippen LogP contribution in [-0.2, 0) is 4.74 Å². The molecule has 9 N–H and O–H groups in total. The predicted molar refractivity (Wildman–Crippen MR) is 329 cm³/mol. The van der Waals surface area contributed by atoms with Gasteiger partial charge < -0.3 is 37.7 Å². The fourth-order valence-corrected chi connectivity index (χ4v) is 8.06. The number of esters is 1. The van der Waals surface area contributed by atoms with Crippen LogP contribution in [0.3, 0.4) is 0 Å². The van der Waals surface area contributed by atoms with Crippen molar-refractivity contribution in [3.63, 3.8) is 0 Å². The molecule has 8 aromatic heterocycles. The number of nitrogens with two attached hydrogens (primary N) is 3. The molecular weight excluding hydrogens is 1050 g/mol. The van der Waals surface area contributed by atoms with Crippen LogP contribution in [0.5, 0.6) is 0 Å². The normalized spacial score (nSPS) is 10.0. The molecule has 0 aliphatic carbocycles. The summed E-state index contributed by atoms with van der Waals surface area (Å²) in [4.78, 5) is 81.5. The molecule has 0 fully saturated rings. The number of hydrogen-bond donors (Lipinski definition) is 6. The second-order valence-corrected chi connectivity index (χ2v) is 18.3. The molecule has 0 aromatic carbocycles. The molecule has 0 saturated heterocycles. The minimum atomic E-state index is -1.04. The molecule has 0 aliphatic rings. The number of imidazole rings is 4. The van der Waals surface area contributed by atoms with E-state index >= 15 is 0 Å². The van der Waals surface area contributed by atoms with Crippen molar-refractivity contribution in [3.8, 4) is 0 Å². The highest BCUT2D eigenvalue weighted by atomic mass is 19.0. The minimum absolute atomic E-state index is 0. The largest absolute Gasteiger partial charge is 0.476 e. The van der Waals surface area contributed by atoms with E-state index in [2.05, 4.69) is 50.5 Å². The summed E-state index contributed by atoms with van der Waals surface area (Å²) in [6, 6.07) is 0. The van der Waals surface area contributed by atoms with E-state index in [-0.39, 0.29) is 38.5 Å². The van der Waals surface area contributed by atoms with Crippen LogP contribution >= 0.6 is 0 Å². The average Bonchev–Trinajstić information content (AvgIpc) is 4.14. The molecule has 0 saturated carbocycles. The molecule has 23 nitrogen and oxygen atoms in total. The Morgan fingerprint density at radius 2 is 0.646 bits per heavy atom. The van der Waals surface area contributed by atoms with Gasteiger partial charge in [-0.2, -0.15) is 0 Å². The Hall–Kier alpha value is -7.83. The number of aromatic nitrogens is 12. The maximum Gasteiger partial charge on any atom is 0.360 e. The number of carbonyl (C=O) groups is 4. The fraction of sp³-hybridized carbons (Fsp3) is 0.517. The van der Waals surface area contributed by atoms with Gasteiger partial charge in [0.25, 0.3) is 11.8 Å². The number of aryl methyl sites for hydroxylation is 12. The maximum absolute atomic E-state index is 12.0. The van der Waals surface area contributed by atoms with Crippen LogP contribution in [-0.4, -0.2) is 126 Å². The van der Waals surface area contributed by atoms with E-state index in [1.807, 2.05) is 152 Å². The third-order valence-electron chi connectivity index (χ3n) is 12.6. The average molecular weight is 1150 g/mol. The first-order valence-corrected chi connectivity index (χ1v) is 26.5. The first-order valence-electron chi connectivity index (χ1n) is 26.5. The Labute approximate surface area is 485 Å². The summed E-state index contributed by atoms with van der Waals surface area (Å²) in [7, 11) is 0. The van der Waals surface area contributed by atoms with E-state index in [0.29, 0.717) is 65.2 Å². The van der Waals surface area contributed by atoms with E-state index in [0.717, 1.165) is 105 Å². The summed E-state index contributed by atoms with van der Waals surface area (Å²) in [5, 5.41) is 14.6. The van der Waals surface area contributed by atoms with E-state index in [9.17, 15) is 19.2 Å². The lowest BCUT2D eigenvalue weighted by molar-refractivity contribution is 0.0521. The smallest absolute Gasteiger partial charge is 0.360 e. The van der Waals surface area contributed by atoms with Crippen molar-refractivity contribution in [1.82, 2.24) is 68.1 Å². The highest BCUT2D eigenvalue weighted by Crippen LogP contribution is 2.22. The highest BCUT2D eigenvalue weighted by molar-refractivity contribution is 5.99. The lowest BCUT2D eigenvalue weighted by atomic mass is 10.2. The van der Waals surface area contributed by atoms with Gasteiger partial charge in [-0.05, 0) is 173 Å². The number of amides is 2. The number of aromatic carboxylic acids is 1. The summed E-state index contributed by atoms with van der Waals surface area (Å²) in [5.74, 6) is 1.19. The first-order chi connectivity index (χ1) is 37.1. The molecule has 8 aromatic rings. The van der Waals surface area contributed by atoms with Crippen molar-refractivity contribution >= 4 is 46.3 Å². The van der Waals surface area contributed by atoms with Crippen LogP contribution < -0.4 is 27.8 Å². The molecule has 0 unspecified atom stereocenters. The van der Waals surface area contributed by atoms with Gasteiger partial charge in [-0.1, -0.05) is 35.6 Å². The van der Waals surface area contributed by atoms with Gasteiger partial charge in [-0.3, -0.25) is 31.9 Å². The molecular formula is C58H98FN17O6. The Morgan fingerprint density at radius 1 is 0.427 bits per heavy atom. The molecule has 0 radical (unpaired) electrons. The van der Waals surface area contributed by atoms with Crippen molar-refractivity contribution in [2.75, 3.05) is 39.3 Å². The zero-order valence-electron chi connectivity index (χ0n) is 51.2. The molecule has 0 atom stereocenters. The quantitative estimate of drug-likeness (QED) is 0.0812. The second-order valence-electron chi connectivity index (χ2n) is 18.3. The number of halogens is 1. The van der Waals surface area contributed by atoms with Gasteiger partial charge in [0.2, 0.25) is 0 Å². The topological polar surface area (TPSA) is 321 Å². The molecule has 2 amide bonds. The van der Waals surface area contributed by atoms with Gasteiger partial charge >= 0.3 is 11.9 Å². The van der Waals surface area contributed by atoms with Gasteiger partial charge in [-0.25, -0.2) is 49.5 Å². The lowest BCUT2D eigenvalue weighted by Gasteiger charge is -2.08. The Bertz CT molecular complexity index is 3180. The fourth-order valence-electron chi connectivity index (χ4n) is 8.06. The van der Waals surface area contributed by atoms with Gasteiger partial charge in [0, 0.05) is 60.1 Å². The Morgan fingerprint density at radius 3 is 0.878 bits per heavy atom. The molecule has 0 aliphatic heterocycles. The highest BCUT2D eigenvalue weighted by Gasteiger charge is 2.23. The summed E-state index contributed by atoms with van der Waals surface area (Å²) in [5.41, 5.74) is 30.2. The third kappa shape index (κ3) is 17.3. The Kier molecular flexibility index (Phi) is 32.0. The molecule has 24 heteroatoms. The van der Waals surface area contributed by atoms with Gasteiger partial charge in [0.05, 0.1) is 6.61 Å². The van der Waals surface area contributed by atoms with E-state index in [4.69, 9.17) is 27.0 Å². The molecule has 458 valence electrons. The van der Waals surface area contributed by atoms with Crippen LogP contribution in [0.1, 0.15) is 191 Å². The van der Waals surface area contributed by atoms with Crippen molar-refractivity contribution in [1.29, 1.82) is 0 Å². The number of carboxylic acid groups (broad SMARTS) is 1. The Balaban J connectivity index is -0.000000965. The number of rotatable bonds is 7.